The van der Waals surface area contributed by atoms with E-state index in [9.17, 15) is 0 Å². The van der Waals surface area contributed by atoms with E-state index in [0.717, 1.165) is 12.1 Å². The molecular formula is C15H22N6. The van der Waals surface area contributed by atoms with Crippen LogP contribution in [0, 0.1) is 0 Å². The summed E-state index contributed by atoms with van der Waals surface area (Å²) in [6.07, 6.45) is 2.77. The molecule has 1 atom stereocenters. The fraction of sp³-hybridized carbons (Fsp3) is 0.400. The average Bonchev–Trinajstić information content (AvgIpc) is 2.91. The van der Waals surface area contributed by atoms with Gasteiger partial charge in [0.25, 0.3) is 0 Å². The molecule has 0 amide bonds. The van der Waals surface area contributed by atoms with Gasteiger partial charge in [0.15, 0.2) is 11.8 Å². The lowest BCUT2D eigenvalue weighted by Gasteiger charge is -2.10. The summed E-state index contributed by atoms with van der Waals surface area (Å²) >= 11 is 0. The number of nitrogens with one attached hydrogen (secondary N) is 1. The predicted molar refractivity (Wildman–Crippen MR) is 85.1 cm³/mol. The van der Waals surface area contributed by atoms with Gasteiger partial charge in [-0.3, -0.25) is 4.68 Å². The molecule has 112 valence electrons. The molecule has 0 aliphatic heterocycles. The largest absolute Gasteiger partial charge is 0.370 e. The molecule has 0 fully saturated rings. The summed E-state index contributed by atoms with van der Waals surface area (Å²) in [5, 5.41) is 7.21. The van der Waals surface area contributed by atoms with Crippen molar-refractivity contribution >= 4 is 11.6 Å². The zero-order valence-corrected chi connectivity index (χ0v) is 12.7. The average molecular weight is 286 g/mol. The van der Waals surface area contributed by atoms with Gasteiger partial charge in [-0.05, 0) is 30.0 Å². The molecule has 0 saturated carbocycles. The Hall–Kier alpha value is -2.37. The number of nitrogens with two attached hydrogens (primary N) is 1. The van der Waals surface area contributed by atoms with E-state index in [1.54, 1.807) is 11.0 Å². The van der Waals surface area contributed by atoms with Crippen LogP contribution >= 0.6 is 0 Å². The Bertz CT molecular complexity index is 599. The van der Waals surface area contributed by atoms with Gasteiger partial charge in [0.1, 0.15) is 12.9 Å². The first-order valence-electron chi connectivity index (χ1n) is 7.10. The Kier molecular flexibility index (Phi) is 4.92. The van der Waals surface area contributed by atoms with E-state index in [-0.39, 0.29) is 0 Å². The van der Waals surface area contributed by atoms with E-state index >= 15 is 0 Å². The molecule has 0 aliphatic rings. The molecule has 0 saturated heterocycles. The summed E-state index contributed by atoms with van der Waals surface area (Å²) in [5.74, 6) is 1.58. The van der Waals surface area contributed by atoms with Crippen LogP contribution in [-0.2, 0) is 13.6 Å². The molecule has 21 heavy (non-hydrogen) atoms. The van der Waals surface area contributed by atoms with Gasteiger partial charge >= 0.3 is 0 Å². The molecule has 1 heterocycles. The third kappa shape index (κ3) is 4.30. The molecule has 2 aromatic rings. The lowest BCUT2D eigenvalue weighted by atomic mass is 9.99. The van der Waals surface area contributed by atoms with Crippen molar-refractivity contribution in [2.45, 2.75) is 32.7 Å². The maximum atomic E-state index is 5.86. The van der Waals surface area contributed by atoms with Crippen molar-refractivity contribution in [3.63, 3.8) is 0 Å². The predicted octanol–water partition coefficient (Wildman–Crippen LogP) is 2.26. The Morgan fingerprint density at radius 3 is 2.67 bits per heavy atom. The van der Waals surface area contributed by atoms with Crippen molar-refractivity contribution in [2.75, 3.05) is 5.32 Å². The van der Waals surface area contributed by atoms with Gasteiger partial charge in [-0.2, -0.15) is 5.10 Å². The highest BCUT2D eigenvalue weighted by atomic mass is 15.3. The second-order valence-electron chi connectivity index (χ2n) is 5.09. The third-order valence-electron chi connectivity index (χ3n) is 3.40. The molecule has 0 bridgehead atoms. The molecule has 1 aromatic heterocycles. The molecule has 1 aromatic carbocycles. The number of aryl methyl sites for hydroxylation is 1. The second-order valence-corrected chi connectivity index (χ2v) is 5.09. The molecule has 0 aliphatic carbocycles. The van der Waals surface area contributed by atoms with E-state index in [0.29, 0.717) is 24.2 Å². The lowest BCUT2D eigenvalue weighted by molar-refractivity contribution is 0.734. The normalized spacial score (nSPS) is 13.2. The first kappa shape index (κ1) is 15.0. The van der Waals surface area contributed by atoms with Crippen molar-refractivity contribution in [1.29, 1.82) is 0 Å². The lowest BCUT2D eigenvalue weighted by Crippen LogP contribution is -2.22. The van der Waals surface area contributed by atoms with E-state index in [1.807, 2.05) is 19.2 Å². The maximum absolute atomic E-state index is 5.86. The van der Waals surface area contributed by atoms with Crippen molar-refractivity contribution in [3.05, 3.63) is 42.0 Å². The van der Waals surface area contributed by atoms with Crippen molar-refractivity contribution in [3.8, 4) is 0 Å². The topological polar surface area (TPSA) is 81.1 Å². The number of benzene rings is 1. The Morgan fingerprint density at radius 2 is 2.10 bits per heavy atom. The zero-order valence-electron chi connectivity index (χ0n) is 12.7. The van der Waals surface area contributed by atoms with Gasteiger partial charge < -0.3 is 11.1 Å². The van der Waals surface area contributed by atoms with E-state index in [2.05, 4.69) is 46.4 Å². The molecule has 6 nitrogen and oxygen atoms in total. The molecule has 1 unspecified atom stereocenters. The summed E-state index contributed by atoms with van der Waals surface area (Å²) in [6.45, 7) is 4.77. The van der Waals surface area contributed by atoms with Crippen molar-refractivity contribution in [2.24, 2.45) is 17.8 Å². The second kappa shape index (κ2) is 6.88. The van der Waals surface area contributed by atoms with Gasteiger partial charge in [-0.15, -0.1) is 0 Å². The Labute approximate surface area is 125 Å². The van der Waals surface area contributed by atoms with Gasteiger partial charge in [0, 0.05) is 12.7 Å². The summed E-state index contributed by atoms with van der Waals surface area (Å²) in [6, 6.07) is 8.26. The molecular weight excluding hydrogens is 264 g/mol. The minimum absolute atomic E-state index is 0.360. The van der Waals surface area contributed by atoms with Crippen molar-refractivity contribution in [1.82, 2.24) is 14.8 Å². The number of rotatable bonds is 5. The van der Waals surface area contributed by atoms with Gasteiger partial charge in [-0.1, -0.05) is 26.0 Å². The van der Waals surface area contributed by atoms with Crippen LogP contribution in [-0.4, -0.2) is 20.7 Å². The monoisotopic (exact) mass is 286 g/mol. The first-order valence-corrected chi connectivity index (χ1v) is 7.10. The summed E-state index contributed by atoms with van der Waals surface area (Å²) in [7, 11) is 1.82. The smallest absolute Gasteiger partial charge is 0.193 e. The number of hydrogen-bond acceptors (Lipinski definition) is 3. The molecule has 2 rings (SSSR count). The standard InChI is InChI=1S/C15H22N6/c1-4-11(2)12-5-7-13(8-6-12)19-15(16)17-9-14-18-10-21(3)20-14/h5-8,10-11H,4,9H2,1-3H3,(H3,16,17,19). The van der Waals surface area contributed by atoms with Crippen LogP contribution in [0.2, 0.25) is 0 Å². The highest BCUT2D eigenvalue weighted by Gasteiger charge is 2.03. The van der Waals surface area contributed by atoms with Crippen LogP contribution in [0.3, 0.4) is 0 Å². The molecule has 3 N–H and O–H groups in total. The van der Waals surface area contributed by atoms with Crippen LogP contribution in [0.5, 0.6) is 0 Å². The first-order chi connectivity index (χ1) is 10.1. The van der Waals surface area contributed by atoms with Crippen LogP contribution in [0.1, 0.15) is 37.6 Å². The number of aliphatic imine (C=N–C) groups is 1. The van der Waals surface area contributed by atoms with Crippen LogP contribution in [0.15, 0.2) is 35.6 Å². The number of nitrogens with zero attached hydrogens (tertiary/aromatic N) is 4. The SMILES string of the molecule is CCC(C)c1ccc(NC(N)=NCc2ncn(C)n2)cc1. The maximum Gasteiger partial charge on any atom is 0.193 e. The van der Waals surface area contributed by atoms with Crippen LogP contribution in [0.25, 0.3) is 0 Å². The minimum atomic E-state index is 0.360. The highest BCUT2D eigenvalue weighted by molar-refractivity contribution is 5.92. The summed E-state index contributed by atoms with van der Waals surface area (Å²) in [5.41, 5.74) is 8.12. The van der Waals surface area contributed by atoms with E-state index in [4.69, 9.17) is 5.73 Å². The fourth-order valence-corrected chi connectivity index (χ4v) is 1.93. The van der Waals surface area contributed by atoms with E-state index < -0.39 is 0 Å². The fourth-order valence-electron chi connectivity index (χ4n) is 1.93. The molecule has 6 heteroatoms. The Morgan fingerprint density at radius 1 is 1.38 bits per heavy atom. The van der Waals surface area contributed by atoms with Crippen LogP contribution in [0.4, 0.5) is 5.69 Å². The number of aromatic nitrogens is 3. The molecule has 0 spiro atoms. The minimum Gasteiger partial charge on any atom is -0.370 e. The van der Waals surface area contributed by atoms with Gasteiger partial charge in [-0.25, -0.2) is 9.98 Å². The van der Waals surface area contributed by atoms with Gasteiger partial charge in [0.2, 0.25) is 0 Å². The Balaban J connectivity index is 1.94. The summed E-state index contributed by atoms with van der Waals surface area (Å²) in [4.78, 5) is 8.32. The van der Waals surface area contributed by atoms with Crippen LogP contribution < -0.4 is 11.1 Å². The molecule has 0 radical (unpaired) electrons. The highest BCUT2D eigenvalue weighted by Crippen LogP contribution is 2.20. The quantitative estimate of drug-likeness (QED) is 0.652. The van der Waals surface area contributed by atoms with E-state index in [1.165, 1.54) is 5.56 Å². The zero-order chi connectivity index (χ0) is 15.2. The summed E-state index contributed by atoms with van der Waals surface area (Å²) < 4.78 is 1.64. The van der Waals surface area contributed by atoms with Gasteiger partial charge in [0.05, 0.1) is 0 Å². The van der Waals surface area contributed by atoms with Crippen molar-refractivity contribution < 1.29 is 0 Å². The number of hydrogen-bond donors (Lipinski definition) is 2. The third-order valence-corrected chi connectivity index (χ3v) is 3.40. The number of anilines is 1. The number of guanidine groups is 1.